The molecule has 254 valence electrons. The number of benzene rings is 2. The van der Waals surface area contributed by atoms with Crippen molar-refractivity contribution in [2.24, 2.45) is 5.73 Å². The van der Waals surface area contributed by atoms with Gasteiger partial charge in [-0.05, 0) is 107 Å². The molecule has 46 heavy (non-hydrogen) atoms. The minimum absolute atomic E-state index is 0.0527. The first-order valence-corrected chi connectivity index (χ1v) is 15.3. The number of unbranched alkanes of at least 4 members (excludes halogenated alkanes) is 1. The molecule has 2 aromatic carbocycles. The molecule has 0 aliphatic rings. The Morgan fingerprint density at radius 3 is 1.83 bits per heavy atom. The van der Waals surface area contributed by atoms with Gasteiger partial charge in [0.05, 0.1) is 0 Å². The molecule has 0 unspecified atom stereocenters. The lowest BCUT2D eigenvalue weighted by Gasteiger charge is -2.23. The van der Waals surface area contributed by atoms with Crippen molar-refractivity contribution in [3.8, 4) is 23.0 Å². The maximum atomic E-state index is 12.7. The molecule has 2 amide bonds. The van der Waals surface area contributed by atoms with Crippen LogP contribution in [0, 0.1) is 0 Å². The Bertz CT molecular complexity index is 1270. The van der Waals surface area contributed by atoms with Crippen LogP contribution in [-0.2, 0) is 32.0 Å². The summed E-state index contributed by atoms with van der Waals surface area (Å²) in [5.41, 5.74) is 7.22. The van der Waals surface area contributed by atoms with Crippen molar-refractivity contribution in [3.05, 3.63) is 59.7 Å². The molecule has 0 bridgehead atoms. The van der Waals surface area contributed by atoms with Gasteiger partial charge in [0.25, 0.3) is 0 Å². The van der Waals surface area contributed by atoms with Crippen molar-refractivity contribution in [2.75, 3.05) is 39.3 Å². The number of aryl methyl sites for hydroxylation is 2. The van der Waals surface area contributed by atoms with Crippen LogP contribution in [0.2, 0.25) is 0 Å². The summed E-state index contributed by atoms with van der Waals surface area (Å²) in [4.78, 5) is 46.2. The molecule has 13 nitrogen and oxygen atoms in total. The Balaban J connectivity index is 0.00000116. The minimum Gasteiger partial charge on any atom is -0.504 e. The van der Waals surface area contributed by atoms with E-state index in [4.69, 9.17) is 10.8 Å². The molecule has 0 fully saturated rings. The third kappa shape index (κ3) is 18.2. The van der Waals surface area contributed by atoms with Crippen molar-refractivity contribution in [1.82, 2.24) is 15.5 Å². The van der Waals surface area contributed by atoms with Crippen molar-refractivity contribution in [3.63, 3.8) is 0 Å². The first-order chi connectivity index (χ1) is 21.9. The fraction of sp³-hybridized carbons (Fsp3) is 0.455. The van der Waals surface area contributed by atoms with Gasteiger partial charge < -0.3 is 46.8 Å². The number of nitrogens with two attached hydrogens (primary N) is 1. The summed E-state index contributed by atoms with van der Waals surface area (Å²) in [5.74, 6) is -2.07. The molecule has 0 saturated heterocycles. The van der Waals surface area contributed by atoms with E-state index in [0.29, 0.717) is 51.9 Å². The molecule has 0 aromatic heterocycles. The van der Waals surface area contributed by atoms with Crippen LogP contribution in [0.1, 0.15) is 56.6 Å². The predicted octanol–water partition coefficient (Wildman–Crippen LogP) is 2.34. The number of nitrogens with one attached hydrogen (secondary N) is 2. The molecule has 9 N–H and O–H groups in total. The van der Waals surface area contributed by atoms with Gasteiger partial charge in [0.1, 0.15) is 0 Å². The number of carboxylic acids is 1. The first kappa shape index (κ1) is 39.4. The molecule has 0 spiro atoms. The molecule has 0 radical (unpaired) electrons. The lowest BCUT2D eigenvalue weighted by atomic mass is 10.1. The Labute approximate surface area is 269 Å². The molecule has 2 aromatic rings. The fourth-order valence-corrected chi connectivity index (χ4v) is 4.16. The number of ketones is 1. The fourth-order valence-electron chi connectivity index (χ4n) is 4.16. The molecular weight excluding hydrogens is 596 g/mol. The Hall–Kier alpha value is -4.62. The van der Waals surface area contributed by atoms with Crippen molar-refractivity contribution < 1.29 is 44.7 Å². The largest absolute Gasteiger partial charge is 0.504 e. The number of amides is 2. The number of hydrogen-bond acceptors (Lipinski definition) is 10. The molecular formula is C33H48N4O9. The number of nitrogens with zero attached hydrogens (tertiary/aromatic N) is 1. The predicted molar refractivity (Wildman–Crippen MR) is 174 cm³/mol. The van der Waals surface area contributed by atoms with Gasteiger partial charge in [-0.2, -0.15) is 0 Å². The van der Waals surface area contributed by atoms with Crippen LogP contribution in [-0.4, -0.2) is 93.3 Å². The number of aliphatic carboxylic acids is 1. The van der Waals surface area contributed by atoms with E-state index in [1.54, 1.807) is 12.1 Å². The van der Waals surface area contributed by atoms with Gasteiger partial charge in [-0.1, -0.05) is 12.1 Å². The zero-order valence-corrected chi connectivity index (χ0v) is 26.4. The third-order valence-electron chi connectivity index (χ3n) is 6.68. The lowest BCUT2D eigenvalue weighted by Crippen LogP contribution is -2.34. The maximum absolute atomic E-state index is 12.7. The lowest BCUT2D eigenvalue weighted by molar-refractivity contribution is -0.132. The van der Waals surface area contributed by atoms with E-state index in [1.807, 2.05) is 4.90 Å². The van der Waals surface area contributed by atoms with Gasteiger partial charge in [-0.15, -0.1) is 0 Å². The number of rotatable bonds is 20. The van der Waals surface area contributed by atoms with E-state index in [0.717, 1.165) is 62.1 Å². The van der Waals surface area contributed by atoms with Gasteiger partial charge in [0, 0.05) is 38.6 Å². The molecule has 0 aliphatic carbocycles. The average Bonchev–Trinajstić information content (AvgIpc) is 3.01. The number of aromatic hydroxyl groups is 4. The normalized spacial score (nSPS) is 10.7. The van der Waals surface area contributed by atoms with Crippen LogP contribution in [0.15, 0.2) is 48.6 Å². The van der Waals surface area contributed by atoms with Gasteiger partial charge >= 0.3 is 5.97 Å². The molecule has 2 rings (SSSR count). The Morgan fingerprint density at radius 2 is 1.30 bits per heavy atom. The molecule has 13 heteroatoms. The van der Waals surface area contributed by atoms with E-state index in [1.165, 1.54) is 31.2 Å². The smallest absolute Gasteiger partial charge is 0.328 e. The second kappa shape index (κ2) is 22.8. The molecule has 0 atom stereocenters. The van der Waals surface area contributed by atoms with Crippen LogP contribution in [0.4, 0.5) is 0 Å². The summed E-state index contributed by atoms with van der Waals surface area (Å²) in [7, 11) is 0. The van der Waals surface area contributed by atoms with E-state index in [-0.39, 0.29) is 40.6 Å². The summed E-state index contributed by atoms with van der Waals surface area (Å²) in [6, 6.07) is 9.17. The molecule has 0 saturated carbocycles. The highest BCUT2D eigenvalue weighted by molar-refractivity contribution is 5.93. The Kier molecular flexibility index (Phi) is 19.6. The maximum Gasteiger partial charge on any atom is 0.328 e. The zero-order valence-electron chi connectivity index (χ0n) is 26.4. The van der Waals surface area contributed by atoms with Crippen molar-refractivity contribution in [1.29, 1.82) is 0 Å². The molecule has 0 heterocycles. The average molecular weight is 645 g/mol. The Morgan fingerprint density at radius 1 is 0.739 bits per heavy atom. The van der Waals surface area contributed by atoms with E-state index < -0.39 is 5.97 Å². The number of carbonyl (C=O) groups excluding carboxylic acids is 3. The van der Waals surface area contributed by atoms with Crippen LogP contribution in [0.5, 0.6) is 23.0 Å². The highest BCUT2D eigenvalue weighted by Crippen LogP contribution is 2.26. The standard InChI is InChI=1S/C28H42N4O6.C5H6O3/c29-13-3-18-32(28(38)12-8-22-6-10-24(34)26(36)20-22)17-2-1-14-30-15-4-16-31-27(37)11-7-21-5-9-23(33)25(35)19-21;1-4(6)2-3-5(7)8/h5-6,9-10,19-20,30,33-36H,1-4,7-8,11-18,29H2,(H,31,37);2-3H,1H3,(H,7,8)/b;3-2-. The van der Waals surface area contributed by atoms with Crippen molar-refractivity contribution >= 4 is 23.6 Å². The van der Waals surface area contributed by atoms with Crippen LogP contribution in [0.25, 0.3) is 0 Å². The van der Waals surface area contributed by atoms with E-state index in [9.17, 15) is 39.6 Å². The van der Waals surface area contributed by atoms with Gasteiger partial charge in [-0.3, -0.25) is 14.4 Å². The quantitative estimate of drug-likeness (QED) is 0.0593. The van der Waals surface area contributed by atoms with Crippen molar-refractivity contribution in [2.45, 2.75) is 58.3 Å². The summed E-state index contributed by atoms with van der Waals surface area (Å²) >= 11 is 0. The first-order valence-electron chi connectivity index (χ1n) is 15.3. The number of carbonyl (C=O) groups is 4. The topological polar surface area (TPSA) is 223 Å². The SMILES string of the molecule is CC(=O)/C=C\C(=O)O.NCCCN(CCCCNCCCNC(=O)CCc1ccc(O)c(O)c1)C(=O)CCc1ccc(O)c(O)c1. The van der Waals surface area contributed by atoms with E-state index in [2.05, 4.69) is 10.6 Å². The summed E-state index contributed by atoms with van der Waals surface area (Å²) in [5, 5.41) is 52.1. The summed E-state index contributed by atoms with van der Waals surface area (Å²) in [6.45, 7) is 5.28. The van der Waals surface area contributed by atoms with Gasteiger partial charge in [0.2, 0.25) is 11.8 Å². The monoisotopic (exact) mass is 644 g/mol. The number of allylic oxidation sites excluding steroid dienone is 1. The number of phenolic OH excluding ortho intramolecular Hbond substituents is 4. The van der Waals surface area contributed by atoms with E-state index >= 15 is 0 Å². The summed E-state index contributed by atoms with van der Waals surface area (Å²) < 4.78 is 0. The summed E-state index contributed by atoms with van der Waals surface area (Å²) in [6.07, 6.45) is 6.77. The zero-order chi connectivity index (χ0) is 34.3. The van der Waals surface area contributed by atoms with Crippen LogP contribution >= 0.6 is 0 Å². The number of hydrogen-bond donors (Lipinski definition) is 8. The molecule has 0 aliphatic heterocycles. The van der Waals surface area contributed by atoms with Crippen LogP contribution < -0.4 is 16.4 Å². The highest BCUT2D eigenvalue weighted by Gasteiger charge is 2.13. The van der Waals surface area contributed by atoms with Gasteiger partial charge in [-0.25, -0.2) is 4.79 Å². The van der Waals surface area contributed by atoms with Gasteiger partial charge in [0.15, 0.2) is 28.8 Å². The second-order valence-electron chi connectivity index (χ2n) is 10.6. The second-order valence-corrected chi connectivity index (χ2v) is 10.6. The number of phenols is 4. The number of carboxylic acid groups (broad SMARTS) is 1. The minimum atomic E-state index is -1.10. The third-order valence-corrected chi connectivity index (χ3v) is 6.68. The van der Waals surface area contributed by atoms with Crippen LogP contribution in [0.3, 0.4) is 0 Å². The highest BCUT2D eigenvalue weighted by atomic mass is 16.4.